The first kappa shape index (κ1) is 21.8. The topological polar surface area (TPSA) is 117 Å². The molecule has 29 heavy (non-hydrogen) atoms. The van der Waals surface area contributed by atoms with Crippen LogP contribution in [-0.2, 0) is 9.53 Å². The van der Waals surface area contributed by atoms with Gasteiger partial charge in [-0.05, 0) is 32.9 Å². The lowest BCUT2D eigenvalue weighted by molar-refractivity contribution is -0.385. The lowest BCUT2D eigenvalue weighted by atomic mass is 10.2. The van der Waals surface area contributed by atoms with E-state index in [4.69, 9.17) is 14.2 Å². The third kappa shape index (κ3) is 5.50. The van der Waals surface area contributed by atoms with Crippen LogP contribution >= 0.6 is 0 Å². The van der Waals surface area contributed by atoms with Gasteiger partial charge in [0, 0.05) is 7.05 Å². The van der Waals surface area contributed by atoms with Gasteiger partial charge in [-0.2, -0.15) is 4.98 Å². The van der Waals surface area contributed by atoms with Crippen molar-refractivity contribution < 1.29 is 28.3 Å². The molecule has 0 unspecified atom stereocenters. The summed E-state index contributed by atoms with van der Waals surface area (Å²) in [7, 11) is 2.72. The molecule has 2 aromatic rings. The van der Waals surface area contributed by atoms with E-state index in [9.17, 15) is 19.3 Å². The average Bonchev–Trinajstić information content (AvgIpc) is 2.61. The second-order valence-corrected chi connectivity index (χ2v) is 6.92. The van der Waals surface area contributed by atoms with E-state index < -0.39 is 33.9 Å². The van der Waals surface area contributed by atoms with Crippen molar-refractivity contribution in [1.82, 2.24) is 9.97 Å². The van der Waals surface area contributed by atoms with Crippen LogP contribution in [-0.4, -0.2) is 47.2 Å². The quantitative estimate of drug-likeness (QED) is 0.387. The van der Waals surface area contributed by atoms with Crippen molar-refractivity contribution in [3.05, 3.63) is 40.5 Å². The highest BCUT2D eigenvalue weighted by molar-refractivity contribution is 5.77. The molecule has 0 amide bonds. The van der Waals surface area contributed by atoms with E-state index in [1.165, 1.54) is 31.2 Å². The first-order valence-corrected chi connectivity index (χ1v) is 8.46. The van der Waals surface area contributed by atoms with Crippen LogP contribution in [0, 0.1) is 15.9 Å². The number of esters is 1. The zero-order valence-corrected chi connectivity index (χ0v) is 16.6. The first-order chi connectivity index (χ1) is 13.5. The Bertz CT molecular complexity index is 916. The molecule has 0 spiro atoms. The predicted molar refractivity (Wildman–Crippen MR) is 101 cm³/mol. The number of carbonyl (C=O) groups is 1. The number of hydrogen-bond acceptors (Lipinski definition) is 9. The SMILES string of the molecule is COc1cccc(F)c1Oc1ncnc(N(C)CC(=O)OC(C)(C)C)c1[N+](=O)[O-]. The Hall–Kier alpha value is -3.50. The molecule has 0 saturated carbocycles. The number of para-hydroxylation sites is 1. The number of carbonyl (C=O) groups excluding carboxylic acids is 1. The molecule has 156 valence electrons. The number of likely N-dealkylation sites (N-methyl/N-ethyl adjacent to an activating group) is 1. The number of methoxy groups -OCH3 is 1. The minimum absolute atomic E-state index is 0.0292. The van der Waals surface area contributed by atoms with E-state index in [1.807, 2.05) is 0 Å². The fourth-order valence-electron chi connectivity index (χ4n) is 2.36. The lowest BCUT2D eigenvalue weighted by Crippen LogP contribution is -2.33. The summed E-state index contributed by atoms with van der Waals surface area (Å²) in [5.74, 6) is -2.42. The number of aromatic nitrogens is 2. The summed E-state index contributed by atoms with van der Waals surface area (Å²) in [5.41, 5.74) is -1.35. The number of benzene rings is 1. The molecular formula is C18H21FN4O6. The van der Waals surface area contributed by atoms with E-state index in [2.05, 4.69) is 9.97 Å². The zero-order chi connectivity index (χ0) is 21.8. The fraction of sp³-hybridized carbons (Fsp3) is 0.389. The maximum Gasteiger partial charge on any atom is 0.373 e. The third-order valence-corrected chi connectivity index (χ3v) is 3.45. The molecule has 1 aromatic heterocycles. The molecule has 10 nitrogen and oxygen atoms in total. The van der Waals surface area contributed by atoms with E-state index in [0.717, 1.165) is 12.4 Å². The van der Waals surface area contributed by atoms with Crippen molar-refractivity contribution in [2.45, 2.75) is 26.4 Å². The molecule has 0 N–H and O–H groups in total. The monoisotopic (exact) mass is 408 g/mol. The Morgan fingerprint density at radius 2 is 2.00 bits per heavy atom. The Balaban J connectivity index is 2.40. The molecule has 0 aliphatic rings. The zero-order valence-electron chi connectivity index (χ0n) is 16.6. The van der Waals surface area contributed by atoms with Crippen LogP contribution in [0.4, 0.5) is 15.9 Å². The van der Waals surface area contributed by atoms with Gasteiger partial charge in [-0.1, -0.05) is 6.07 Å². The van der Waals surface area contributed by atoms with Gasteiger partial charge < -0.3 is 19.1 Å². The lowest BCUT2D eigenvalue weighted by Gasteiger charge is -2.23. The van der Waals surface area contributed by atoms with Crippen LogP contribution in [0.3, 0.4) is 0 Å². The highest BCUT2D eigenvalue weighted by Crippen LogP contribution is 2.39. The minimum atomic E-state index is -0.791. The Morgan fingerprint density at radius 1 is 1.31 bits per heavy atom. The first-order valence-electron chi connectivity index (χ1n) is 8.46. The number of halogens is 1. The highest BCUT2D eigenvalue weighted by Gasteiger charge is 2.30. The van der Waals surface area contributed by atoms with E-state index in [1.54, 1.807) is 20.8 Å². The predicted octanol–water partition coefficient (Wildman–Crippen LogP) is 3.10. The largest absolute Gasteiger partial charge is 0.493 e. The molecule has 1 heterocycles. The van der Waals surface area contributed by atoms with Crippen LogP contribution in [0.2, 0.25) is 0 Å². The maximum absolute atomic E-state index is 14.2. The van der Waals surface area contributed by atoms with Crippen molar-refractivity contribution in [3.8, 4) is 17.4 Å². The van der Waals surface area contributed by atoms with Gasteiger partial charge in [0.05, 0.1) is 12.0 Å². The second kappa shape index (κ2) is 8.67. The summed E-state index contributed by atoms with van der Waals surface area (Å²) >= 11 is 0. The minimum Gasteiger partial charge on any atom is -0.493 e. The van der Waals surface area contributed by atoms with Gasteiger partial charge in [0.2, 0.25) is 11.6 Å². The van der Waals surface area contributed by atoms with Gasteiger partial charge in [0.15, 0.2) is 11.6 Å². The highest BCUT2D eigenvalue weighted by atomic mass is 19.1. The van der Waals surface area contributed by atoms with Crippen LogP contribution in [0.5, 0.6) is 17.4 Å². The average molecular weight is 408 g/mol. The number of hydrogen-bond donors (Lipinski definition) is 0. The molecule has 11 heteroatoms. The number of nitrogens with zero attached hydrogens (tertiary/aromatic N) is 4. The molecular weight excluding hydrogens is 387 g/mol. The summed E-state index contributed by atoms with van der Waals surface area (Å²) in [6.45, 7) is 4.79. The van der Waals surface area contributed by atoms with Crippen molar-refractivity contribution in [1.29, 1.82) is 0 Å². The summed E-state index contributed by atoms with van der Waals surface area (Å²) in [5, 5.41) is 11.7. The summed E-state index contributed by atoms with van der Waals surface area (Å²) in [6, 6.07) is 3.94. The third-order valence-electron chi connectivity index (χ3n) is 3.45. The van der Waals surface area contributed by atoms with Crippen LogP contribution < -0.4 is 14.4 Å². The Morgan fingerprint density at radius 3 is 2.59 bits per heavy atom. The fourth-order valence-corrected chi connectivity index (χ4v) is 2.36. The molecule has 0 aliphatic heterocycles. The van der Waals surface area contributed by atoms with Crippen molar-refractivity contribution in [3.63, 3.8) is 0 Å². The second-order valence-electron chi connectivity index (χ2n) is 6.92. The van der Waals surface area contributed by atoms with E-state index >= 15 is 0 Å². The Kier molecular flexibility index (Phi) is 6.52. The van der Waals surface area contributed by atoms with Gasteiger partial charge in [-0.25, -0.2) is 9.37 Å². The summed E-state index contributed by atoms with van der Waals surface area (Å²) in [6.07, 6.45) is 1.01. The van der Waals surface area contributed by atoms with Crippen LogP contribution in [0.25, 0.3) is 0 Å². The molecule has 0 atom stereocenters. The summed E-state index contributed by atoms with van der Waals surface area (Å²) < 4.78 is 29.8. The summed E-state index contributed by atoms with van der Waals surface area (Å²) in [4.78, 5) is 31.8. The van der Waals surface area contributed by atoms with Crippen molar-refractivity contribution in [2.75, 3.05) is 25.6 Å². The van der Waals surface area contributed by atoms with Gasteiger partial charge in [-0.3, -0.25) is 14.9 Å². The van der Waals surface area contributed by atoms with Crippen LogP contribution in [0.15, 0.2) is 24.5 Å². The molecule has 0 radical (unpaired) electrons. The molecule has 0 aliphatic carbocycles. The van der Waals surface area contributed by atoms with Gasteiger partial charge in [-0.15, -0.1) is 0 Å². The van der Waals surface area contributed by atoms with Gasteiger partial charge >= 0.3 is 17.5 Å². The number of rotatable bonds is 7. The maximum atomic E-state index is 14.2. The van der Waals surface area contributed by atoms with E-state index in [-0.39, 0.29) is 23.9 Å². The molecule has 0 saturated heterocycles. The number of anilines is 1. The number of ether oxygens (including phenoxy) is 3. The molecule has 1 aromatic carbocycles. The van der Waals surface area contributed by atoms with Crippen molar-refractivity contribution in [2.24, 2.45) is 0 Å². The Labute approximate surface area is 166 Å². The molecule has 2 rings (SSSR count). The molecule has 0 bridgehead atoms. The normalized spacial score (nSPS) is 11.0. The van der Waals surface area contributed by atoms with Gasteiger partial charge in [0.1, 0.15) is 18.5 Å². The smallest absolute Gasteiger partial charge is 0.373 e. The molecule has 0 fully saturated rings. The van der Waals surface area contributed by atoms with Crippen LogP contribution in [0.1, 0.15) is 20.8 Å². The van der Waals surface area contributed by atoms with Gasteiger partial charge in [0.25, 0.3) is 0 Å². The standard InChI is InChI=1S/C18H21FN4O6/c1-18(2,3)29-13(24)9-22(4)16-14(23(25)26)17(21-10-20-16)28-15-11(19)7-6-8-12(15)27-5/h6-8,10H,9H2,1-5H3. The number of nitro groups is 1. The van der Waals surface area contributed by atoms with Crippen molar-refractivity contribution >= 4 is 17.5 Å². The van der Waals surface area contributed by atoms with E-state index in [0.29, 0.717) is 0 Å².